The predicted molar refractivity (Wildman–Crippen MR) is 125 cm³/mol. The maximum Gasteiger partial charge on any atom is 0.344 e. The van der Waals surface area contributed by atoms with Crippen LogP contribution >= 0.6 is 0 Å². The van der Waals surface area contributed by atoms with Crippen LogP contribution in [0.3, 0.4) is 0 Å². The number of aryl methyl sites for hydroxylation is 1. The zero-order valence-electron chi connectivity index (χ0n) is 17.8. The number of hydrogen-bond acceptors (Lipinski definition) is 6. The highest BCUT2D eigenvalue weighted by Crippen LogP contribution is 2.44. The van der Waals surface area contributed by atoms with Crippen molar-refractivity contribution in [2.24, 2.45) is 5.73 Å². The zero-order chi connectivity index (χ0) is 23.1. The van der Waals surface area contributed by atoms with Crippen molar-refractivity contribution in [3.63, 3.8) is 0 Å². The minimum atomic E-state index is -0.720. The summed E-state index contributed by atoms with van der Waals surface area (Å²) in [5.74, 6) is -0.243. The average Bonchev–Trinajstić information content (AvgIpc) is 2.83. The van der Waals surface area contributed by atoms with Gasteiger partial charge in [-0.2, -0.15) is 5.26 Å². The molecule has 1 unspecified atom stereocenters. The molecule has 6 heteroatoms. The Kier molecular flexibility index (Phi) is 4.87. The van der Waals surface area contributed by atoms with Gasteiger partial charge in [-0.3, -0.25) is 0 Å². The number of nitrogens with two attached hydrogens (primary N) is 1. The van der Waals surface area contributed by atoms with E-state index in [1.165, 1.54) is 0 Å². The van der Waals surface area contributed by atoms with Gasteiger partial charge in [0.15, 0.2) is 5.75 Å². The molecule has 2 heterocycles. The Hall–Kier alpha value is -4.50. The second kappa shape index (κ2) is 7.88. The predicted octanol–water partition coefficient (Wildman–Crippen LogP) is 4.95. The zero-order valence-corrected chi connectivity index (χ0v) is 17.8. The van der Waals surface area contributed by atoms with Crippen LogP contribution in [0.15, 0.2) is 87.4 Å². The van der Waals surface area contributed by atoms with Crippen molar-refractivity contribution in [1.82, 2.24) is 0 Å². The number of phenolic OH excluding ortho intramolecular Hbond substituents is 1. The molecule has 1 atom stereocenters. The fourth-order valence-electron chi connectivity index (χ4n) is 4.27. The topological polar surface area (TPSA) is 109 Å². The fourth-order valence-corrected chi connectivity index (χ4v) is 4.27. The number of rotatable bonds is 3. The first-order valence-electron chi connectivity index (χ1n) is 10.6. The molecule has 162 valence electrons. The Morgan fingerprint density at radius 3 is 2.55 bits per heavy atom. The van der Waals surface area contributed by atoms with E-state index in [0.717, 1.165) is 23.1 Å². The van der Waals surface area contributed by atoms with Gasteiger partial charge < -0.3 is 20.0 Å². The van der Waals surface area contributed by atoms with E-state index in [0.29, 0.717) is 22.3 Å². The molecule has 3 N–H and O–H groups in total. The number of nitriles is 1. The SMILES string of the molecule is CCc1ccc2oc(=O)c3c(c2c1)OC(N)=C(C#N)C3c1ccc(-c2cccc(O)c2)cc1. The fraction of sp³-hybridized carbons (Fsp3) is 0.111. The summed E-state index contributed by atoms with van der Waals surface area (Å²) in [4.78, 5) is 13.1. The molecule has 6 nitrogen and oxygen atoms in total. The maximum absolute atomic E-state index is 13.1. The van der Waals surface area contributed by atoms with E-state index in [9.17, 15) is 15.2 Å². The molecule has 0 saturated carbocycles. The highest BCUT2D eigenvalue weighted by Gasteiger charge is 2.35. The van der Waals surface area contributed by atoms with Crippen LogP contribution in [0.5, 0.6) is 11.5 Å². The van der Waals surface area contributed by atoms with Gasteiger partial charge in [0, 0.05) is 0 Å². The molecule has 0 amide bonds. The molecule has 3 aromatic carbocycles. The summed E-state index contributed by atoms with van der Waals surface area (Å²) < 4.78 is 11.4. The molecule has 5 rings (SSSR count). The number of benzene rings is 3. The smallest absolute Gasteiger partial charge is 0.344 e. The van der Waals surface area contributed by atoms with Crippen molar-refractivity contribution in [3.05, 3.63) is 105 Å². The maximum atomic E-state index is 13.1. The summed E-state index contributed by atoms with van der Waals surface area (Å²) in [6.07, 6.45) is 0.804. The molecule has 0 aliphatic carbocycles. The Bertz CT molecular complexity index is 1530. The van der Waals surface area contributed by atoms with Gasteiger partial charge in [-0.25, -0.2) is 4.79 Å². The first-order chi connectivity index (χ1) is 16.0. The number of aromatic hydroxyl groups is 1. The summed E-state index contributed by atoms with van der Waals surface area (Å²) in [6, 6.07) is 22.1. The van der Waals surface area contributed by atoms with E-state index in [1.54, 1.807) is 24.3 Å². The number of hydrogen-bond donors (Lipinski definition) is 2. The van der Waals surface area contributed by atoms with Gasteiger partial charge in [0.05, 0.1) is 16.9 Å². The van der Waals surface area contributed by atoms with E-state index >= 15 is 0 Å². The summed E-state index contributed by atoms with van der Waals surface area (Å²) in [6.45, 7) is 2.03. The molecule has 0 spiro atoms. The van der Waals surface area contributed by atoms with Crippen LogP contribution in [0.2, 0.25) is 0 Å². The number of allylic oxidation sites excluding steroid dienone is 1. The number of fused-ring (bicyclic) bond motifs is 3. The molecule has 0 bridgehead atoms. The van der Waals surface area contributed by atoms with Crippen LogP contribution < -0.4 is 16.1 Å². The highest BCUT2D eigenvalue weighted by atomic mass is 16.5. The highest BCUT2D eigenvalue weighted by molar-refractivity contribution is 5.86. The van der Waals surface area contributed by atoms with Gasteiger partial charge in [0.1, 0.15) is 23.0 Å². The molecule has 1 aliphatic heterocycles. The summed E-state index contributed by atoms with van der Waals surface area (Å²) in [5.41, 5.74) is 9.91. The largest absolute Gasteiger partial charge is 0.508 e. The van der Waals surface area contributed by atoms with E-state index in [-0.39, 0.29) is 22.8 Å². The lowest BCUT2D eigenvalue weighted by molar-refractivity contribution is 0.388. The quantitative estimate of drug-likeness (QED) is 0.440. The van der Waals surface area contributed by atoms with E-state index < -0.39 is 11.5 Å². The lowest BCUT2D eigenvalue weighted by atomic mass is 9.83. The Morgan fingerprint density at radius 1 is 1.06 bits per heavy atom. The molecular formula is C27H20N2O4. The molecular weight excluding hydrogens is 416 g/mol. The molecule has 0 radical (unpaired) electrons. The van der Waals surface area contributed by atoms with Gasteiger partial charge in [0.25, 0.3) is 0 Å². The van der Waals surface area contributed by atoms with Crippen molar-refractivity contribution in [1.29, 1.82) is 5.26 Å². The van der Waals surface area contributed by atoms with Crippen LogP contribution in [0.1, 0.15) is 29.5 Å². The van der Waals surface area contributed by atoms with Gasteiger partial charge in [-0.05, 0) is 52.9 Å². The minimum absolute atomic E-state index is 0.0270. The second-order valence-electron chi connectivity index (χ2n) is 7.91. The van der Waals surface area contributed by atoms with E-state index in [4.69, 9.17) is 14.9 Å². The first-order valence-corrected chi connectivity index (χ1v) is 10.6. The molecule has 4 aromatic rings. The summed E-state index contributed by atoms with van der Waals surface area (Å²) in [7, 11) is 0. The van der Waals surface area contributed by atoms with Gasteiger partial charge in [-0.1, -0.05) is 49.4 Å². The van der Waals surface area contributed by atoms with Crippen molar-refractivity contribution in [2.45, 2.75) is 19.3 Å². The lowest BCUT2D eigenvalue weighted by Gasteiger charge is -2.26. The third-order valence-corrected chi connectivity index (χ3v) is 5.96. The van der Waals surface area contributed by atoms with Crippen LogP contribution in [-0.2, 0) is 6.42 Å². The second-order valence-corrected chi connectivity index (χ2v) is 7.91. The Morgan fingerprint density at radius 2 is 1.85 bits per heavy atom. The summed E-state index contributed by atoms with van der Waals surface area (Å²) >= 11 is 0. The van der Waals surface area contributed by atoms with Crippen LogP contribution in [0.4, 0.5) is 0 Å². The van der Waals surface area contributed by atoms with Gasteiger partial charge in [-0.15, -0.1) is 0 Å². The first kappa shape index (κ1) is 20.4. The normalized spacial score (nSPS) is 15.1. The summed E-state index contributed by atoms with van der Waals surface area (Å²) in [5, 5.41) is 20.3. The third-order valence-electron chi connectivity index (χ3n) is 5.96. The average molecular weight is 436 g/mol. The lowest BCUT2D eigenvalue weighted by Crippen LogP contribution is -2.26. The standard InChI is InChI=1S/C27H20N2O4/c1-2-15-6-11-22-20(12-15)25-24(27(31)32-22)23(21(14-28)26(29)33-25)17-9-7-16(8-10-17)18-4-3-5-19(30)13-18/h3-13,23,30H,2,29H2,1H3. The van der Waals surface area contributed by atoms with Crippen molar-refractivity contribution < 1.29 is 14.3 Å². The van der Waals surface area contributed by atoms with Crippen LogP contribution in [0.25, 0.3) is 22.1 Å². The molecule has 33 heavy (non-hydrogen) atoms. The van der Waals surface area contributed by atoms with Crippen LogP contribution in [-0.4, -0.2) is 5.11 Å². The third kappa shape index (κ3) is 3.40. The van der Waals surface area contributed by atoms with Gasteiger partial charge in [0.2, 0.25) is 5.88 Å². The van der Waals surface area contributed by atoms with Crippen molar-refractivity contribution >= 4 is 11.0 Å². The molecule has 0 saturated heterocycles. The van der Waals surface area contributed by atoms with Gasteiger partial charge >= 0.3 is 5.63 Å². The van der Waals surface area contributed by atoms with Crippen molar-refractivity contribution in [3.8, 4) is 28.7 Å². The minimum Gasteiger partial charge on any atom is -0.508 e. The number of ether oxygens (including phenoxy) is 1. The Balaban J connectivity index is 1.70. The van der Waals surface area contributed by atoms with Crippen LogP contribution in [0, 0.1) is 11.3 Å². The van der Waals surface area contributed by atoms with E-state index in [2.05, 4.69) is 6.07 Å². The molecule has 1 aliphatic rings. The Labute approximate surface area is 189 Å². The number of nitrogens with zero attached hydrogens (tertiary/aromatic N) is 1. The van der Waals surface area contributed by atoms with Crippen molar-refractivity contribution in [2.75, 3.05) is 0 Å². The number of phenols is 1. The monoisotopic (exact) mass is 436 g/mol. The van der Waals surface area contributed by atoms with E-state index in [1.807, 2.05) is 49.4 Å². The molecule has 0 fully saturated rings. The molecule has 1 aromatic heterocycles.